The number of aryl methyl sites for hydroxylation is 2. The fourth-order valence-corrected chi connectivity index (χ4v) is 7.98. The van der Waals surface area contributed by atoms with Gasteiger partial charge < -0.3 is 0 Å². The van der Waals surface area contributed by atoms with Crippen LogP contribution in [0.3, 0.4) is 0 Å². The average molecular weight is 939 g/mol. The van der Waals surface area contributed by atoms with E-state index in [1.165, 1.54) is 101 Å². The zero-order chi connectivity index (χ0) is 44.8. The summed E-state index contributed by atoms with van der Waals surface area (Å²) in [4.78, 5) is 0. The number of hydrogen-bond donors (Lipinski definition) is 0. The summed E-state index contributed by atoms with van der Waals surface area (Å²) in [6.45, 7) is 36.4. The SMILES string of the molecule is CCCc1ccc2[cH-]c(C(C)C)cc2c1-c1cc(C(C)C)cc(C(C)C)c1.CCCc1ccc2[cH-]c(C(C)C)cc2c1-c1cc(C(C)C)cc(C(C)C)c1.C[Si]C.[Cl][Zr+2][Cl]. The minimum absolute atomic E-state index is 0.544. The van der Waals surface area contributed by atoms with Crippen LogP contribution in [0.15, 0.2) is 84.9 Å². The predicted octanol–water partition coefficient (Wildman–Crippen LogP) is 19.3. The van der Waals surface area contributed by atoms with Gasteiger partial charge in [-0.15, -0.1) is 69.1 Å². The zero-order valence-electron chi connectivity index (χ0n) is 40.1. The third kappa shape index (κ3) is 13.9. The molecule has 6 rings (SSSR count). The minimum atomic E-state index is -0.826. The fourth-order valence-electron chi connectivity index (χ4n) is 7.98. The molecule has 0 aromatic heterocycles. The van der Waals surface area contributed by atoms with Crippen LogP contribution in [-0.4, -0.2) is 9.52 Å². The van der Waals surface area contributed by atoms with E-state index in [0.717, 1.165) is 22.4 Å². The second-order valence-corrected chi connectivity index (χ2v) is 23.3. The molecule has 0 aliphatic rings. The molecular weight excluding hydrogens is 863 g/mol. The first-order chi connectivity index (χ1) is 28.5. The van der Waals surface area contributed by atoms with Crippen LogP contribution in [0, 0.1) is 0 Å². The number of halogens is 2. The Bertz CT molecular complexity index is 2000. The van der Waals surface area contributed by atoms with Gasteiger partial charge in [0.15, 0.2) is 0 Å². The molecule has 0 bridgehead atoms. The molecule has 0 aliphatic carbocycles. The van der Waals surface area contributed by atoms with Gasteiger partial charge in [-0.3, -0.25) is 0 Å². The standard InChI is InChI=1S/2C27H35.C2H6Si.2ClH.Zr/c2*1-8-9-20-10-11-21-12-24(19(6)7)16-26(21)27(20)25-14-22(17(2)3)13-23(15-25)18(4)5;1-3-2;;;/h2*10-19H,8-9H2,1-7H3;1-2H3;2*1H;/q2*-1;;;;+4/p-2. The first-order valence-electron chi connectivity index (χ1n) is 22.8. The molecule has 60 heavy (non-hydrogen) atoms. The molecule has 2 radical (unpaired) electrons. The van der Waals surface area contributed by atoms with Crippen molar-refractivity contribution in [1.29, 1.82) is 0 Å². The Balaban J connectivity index is 0.000000283. The van der Waals surface area contributed by atoms with E-state index in [0.29, 0.717) is 35.5 Å². The number of rotatable bonds is 12. The van der Waals surface area contributed by atoms with Crippen LogP contribution in [0.4, 0.5) is 0 Å². The van der Waals surface area contributed by atoms with Gasteiger partial charge >= 0.3 is 37.9 Å². The summed E-state index contributed by atoms with van der Waals surface area (Å²) in [7, 11) is 11.0. The molecule has 322 valence electrons. The molecule has 0 amide bonds. The Kier molecular flexibility index (Phi) is 21.9. The number of hydrogen-bond acceptors (Lipinski definition) is 0. The monoisotopic (exact) mass is 936 g/mol. The molecule has 0 nitrogen and oxygen atoms in total. The van der Waals surface area contributed by atoms with Crippen LogP contribution in [-0.2, 0) is 33.7 Å². The molecule has 0 spiro atoms. The van der Waals surface area contributed by atoms with Crippen molar-refractivity contribution in [3.63, 3.8) is 0 Å². The average Bonchev–Trinajstić information content (AvgIpc) is 3.84. The molecule has 6 aromatic rings. The van der Waals surface area contributed by atoms with Crippen LogP contribution in [0.5, 0.6) is 0 Å². The van der Waals surface area contributed by atoms with Crippen molar-refractivity contribution in [2.45, 2.75) is 171 Å². The van der Waals surface area contributed by atoms with E-state index in [1.54, 1.807) is 0 Å². The summed E-state index contributed by atoms with van der Waals surface area (Å²) >= 11 is -0.826. The maximum atomic E-state index is 4.93. The van der Waals surface area contributed by atoms with Crippen LogP contribution >= 0.6 is 17.0 Å². The van der Waals surface area contributed by atoms with E-state index in [4.69, 9.17) is 17.0 Å². The Labute approximate surface area is 388 Å². The summed E-state index contributed by atoms with van der Waals surface area (Å²) in [6.07, 6.45) is 4.63. The Morgan fingerprint density at radius 3 is 0.983 bits per heavy atom. The van der Waals surface area contributed by atoms with Crippen LogP contribution < -0.4 is 0 Å². The molecule has 0 unspecified atom stereocenters. The Morgan fingerprint density at radius 2 is 0.750 bits per heavy atom. The summed E-state index contributed by atoms with van der Waals surface area (Å²) in [5, 5.41) is 5.63. The topological polar surface area (TPSA) is 0 Å². The van der Waals surface area contributed by atoms with Crippen LogP contribution in [0.1, 0.15) is 190 Å². The van der Waals surface area contributed by atoms with Crippen molar-refractivity contribution in [2.24, 2.45) is 0 Å². The van der Waals surface area contributed by atoms with Crippen molar-refractivity contribution < 1.29 is 20.8 Å². The molecule has 6 aromatic carbocycles. The van der Waals surface area contributed by atoms with E-state index in [-0.39, 0.29) is 0 Å². The molecule has 0 N–H and O–H groups in total. The first kappa shape index (κ1) is 52.1. The quantitative estimate of drug-likeness (QED) is 0.0847. The molecular formula is C56H76Cl2SiZr. The molecule has 4 heteroatoms. The first-order valence-corrected chi connectivity index (χ1v) is 31.1. The van der Waals surface area contributed by atoms with Gasteiger partial charge in [-0.1, -0.05) is 182 Å². The third-order valence-corrected chi connectivity index (χ3v) is 11.6. The van der Waals surface area contributed by atoms with Crippen LogP contribution in [0.2, 0.25) is 13.1 Å². The maximum absolute atomic E-state index is 4.93. The van der Waals surface area contributed by atoms with E-state index in [9.17, 15) is 0 Å². The van der Waals surface area contributed by atoms with Gasteiger partial charge in [0.2, 0.25) is 0 Å². The third-order valence-electron chi connectivity index (χ3n) is 11.6. The zero-order valence-corrected chi connectivity index (χ0v) is 45.1. The van der Waals surface area contributed by atoms with Crippen molar-refractivity contribution in [3.8, 4) is 22.3 Å². The van der Waals surface area contributed by atoms with Gasteiger partial charge in [0.1, 0.15) is 0 Å². The van der Waals surface area contributed by atoms with Crippen LogP contribution in [0.25, 0.3) is 43.8 Å². The van der Waals surface area contributed by atoms with Gasteiger partial charge in [-0.25, -0.2) is 0 Å². The molecule has 0 aliphatic heterocycles. The predicted molar refractivity (Wildman–Crippen MR) is 272 cm³/mol. The number of benzene rings is 4. The van der Waals surface area contributed by atoms with Crippen molar-refractivity contribution in [2.75, 3.05) is 0 Å². The molecule has 0 saturated heterocycles. The summed E-state index contributed by atoms with van der Waals surface area (Å²) in [5.41, 5.74) is 17.4. The van der Waals surface area contributed by atoms with E-state index in [2.05, 4.69) is 195 Å². The van der Waals surface area contributed by atoms with Gasteiger partial charge in [0.25, 0.3) is 0 Å². The second-order valence-electron chi connectivity index (χ2n) is 18.6. The van der Waals surface area contributed by atoms with Crippen molar-refractivity contribution >= 4 is 48.1 Å². The normalized spacial score (nSPS) is 11.3. The Morgan fingerprint density at radius 1 is 0.467 bits per heavy atom. The summed E-state index contributed by atoms with van der Waals surface area (Å²) < 4.78 is 0. The van der Waals surface area contributed by atoms with Gasteiger partial charge in [-0.2, -0.15) is 12.1 Å². The molecule has 0 saturated carbocycles. The molecule has 0 heterocycles. The molecule has 0 fully saturated rings. The van der Waals surface area contributed by atoms with Gasteiger partial charge in [-0.05, 0) is 81.7 Å². The van der Waals surface area contributed by atoms with E-state index >= 15 is 0 Å². The van der Waals surface area contributed by atoms with Crippen molar-refractivity contribution in [3.05, 3.63) is 129 Å². The van der Waals surface area contributed by atoms with Gasteiger partial charge in [0, 0.05) is 9.52 Å². The number of fused-ring (bicyclic) bond motifs is 2. The van der Waals surface area contributed by atoms with E-state index in [1.807, 2.05) is 0 Å². The summed E-state index contributed by atoms with van der Waals surface area (Å²) in [6, 6.07) is 33.6. The fraction of sp³-hybridized carbons (Fsp3) is 0.464. The Hall–Kier alpha value is -2.22. The van der Waals surface area contributed by atoms with Gasteiger partial charge in [0.05, 0.1) is 0 Å². The van der Waals surface area contributed by atoms with E-state index < -0.39 is 20.8 Å². The van der Waals surface area contributed by atoms with Crippen molar-refractivity contribution in [1.82, 2.24) is 0 Å². The summed E-state index contributed by atoms with van der Waals surface area (Å²) in [5.74, 6) is 3.30. The second kappa shape index (κ2) is 25.2. The molecule has 0 atom stereocenters.